The lowest BCUT2D eigenvalue weighted by molar-refractivity contribution is 0.821. The maximum absolute atomic E-state index is 6.52. The Kier molecular flexibility index (Phi) is 3.92. The van der Waals surface area contributed by atoms with Crippen LogP contribution in [0.25, 0.3) is 10.9 Å². The number of pyridine rings is 1. The molecule has 1 aliphatic heterocycles. The molecule has 0 amide bonds. The summed E-state index contributed by atoms with van der Waals surface area (Å²) in [7, 11) is 0. The number of fused-ring (bicyclic) bond motifs is 2. The lowest BCUT2D eigenvalue weighted by Crippen LogP contribution is -2.25. The number of hydrogen-bond donors (Lipinski definition) is 0. The van der Waals surface area contributed by atoms with Gasteiger partial charge >= 0.3 is 0 Å². The fourth-order valence-electron chi connectivity index (χ4n) is 3.02. The van der Waals surface area contributed by atoms with Crippen molar-refractivity contribution in [3.8, 4) is 0 Å². The number of benzene rings is 2. The molecule has 2 aromatic carbocycles. The Morgan fingerprint density at radius 2 is 2.00 bits per heavy atom. The number of anilines is 1. The second-order valence-corrected chi connectivity index (χ2v) is 7.36. The number of thioether (sulfide) groups is 1. The molecule has 0 radical (unpaired) electrons. The maximum atomic E-state index is 6.52. The Labute approximate surface area is 145 Å². The molecule has 2 nitrogen and oxygen atoms in total. The fourth-order valence-corrected chi connectivity index (χ4v) is 4.30. The normalized spacial score (nSPS) is 14.6. The summed E-state index contributed by atoms with van der Waals surface area (Å²) in [6, 6.07) is 16.8. The van der Waals surface area contributed by atoms with Crippen LogP contribution >= 0.6 is 23.4 Å². The van der Waals surface area contributed by atoms with Crippen LogP contribution in [0.1, 0.15) is 11.1 Å². The zero-order valence-corrected chi connectivity index (χ0v) is 14.5. The van der Waals surface area contributed by atoms with Gasteiger partial charge in [-0.3, -0.25) is 0 Å². The summed E-state index contributed by atoms with van der Waals surface area (Å²) in [6.45, 7) is 3.94. The van der Waals surface area contributed by atoms with Gasteiger partial charge in [-0.05, 0) is 30.2 Å². The number of aromatic nitrogens is 1. The van der Waals surface area contributed by atoms with Crippen molar-refractivity contribution in [2.24, 2.45) is 0 Å². The SMILES string of the molecule is Cc1cccc2c(Cl)cc(N3CCSc4ccccc4C3)nc12. The molecule has 0 spiro atoms. The monoisotopic (exact) mass is 340 g/mol. The second-order valence-electron chi connectivity index (χ2n) is 5.81. The van der Waals surface area contributed by atoms with Crippen LogP contribution in [0.4, 0.5) is 5.82 Å². The number of para-hydroxylation sites is 1. The Morgan fingerprint density at radius 3 is 2.91 bits per heavy atom. The highest BCUT2D eigenvalue weighted by atomic mass is 35.5. The number of aryl methyl sites for hydroxylation is 1. The molecule has 0 atom stereocenters. The smallest absolute Gasteiger partial charge is 0.131 e. The van der Waals surface area contributed by atoms with Gasteiger partial charge in [0.2, 0.25) is 0 Å². The van der Waals surface area contributed by atoms with Crippen molar-refractivity contribution in [1.29, 1.82) is 0 Å². The molecular formula is C19H17ClN2S. The second kappa shape index (κ2) is 6.06. The maximum Gasteiger partial charge on any atom is 0.131 e. The third-order valence-corrected chi connectivity index (χ3v) is 5.66. The summed E-state index contributed by atoms with van der Waals surface area (Å²) in [4.78, 5) is 8.61. The van der Waals surface area contributed by atoms with E-state index in [0.717, 1.165) is 46.1 Å². The van der Waals surface area contributed by atoms with Crippen LogP contribution in [-0.2, 0) is 6.54 Å². The van der Waals surface area contributed by atoms with E-state index in [9.17, 15) is 0 Å². The summed E-state index contributed by atoms with van der Waals surface area (Å²) < 4.78 is 0. The molecule has 0 fully saturated rings. The standard InChI is InChI=1S/C19H17ClN2S/c1-13-5-4-7-15-16(20)11-18(21-19(13)15)22-9-10-23-17-8-3-2-6-14(17)12-22/h2-8,11H,9-10,12H2,1H3. The van der Waals surface area contributed by atoms with E-state index in [-0.39, 0.29) is 0 Å². The van der Waals surface area contributed by atoms with Crippen LogP contribution in [0.3, 0.4) is 0 Å². The quantitative estimate of drug-likeness (QED) is 0.597. The Hall–Kier alpha value is -1.71. The first kappa shape index (κ1) is 14.9. The molecule has 0 bridgehead atoms. The first-order valence-electron chi connectivity index (χ1n) is 7.74. The van der Waals surface area contributed by atoms with Crippen molar-refractivity contribution in [3.05, 3.63) is 64.7 Å². The van der Waals surface area contributed by atoms with Crippen LogP contribution in [-0.4, -0.2) is 17.3 Å². The van der Waals surface area contributed by atoms with Crippen molar-refractivity contribution in [2.75, 3.05) is 17.2 Å². The van der Waals surface area contributed by atoms with Gasteiger partial charge in [0, 0.05) is 29.1 Å². The Morgan fingerprint density at radius 1 is 1.13 bits per heavy atom. The molecule has 4 rings (SSSR count). The Bertz CT molecular complexity index is 878. The summed E-state index contributed by atoms with van der Waals surface area (Å²) in [5, 5.41) is 1.80. The number of halogens is 1. The van der Waals surface area contributed by atoms with E-state index >= 15 is 0 Å². The van der Waals surface area contributed by atoms with Crippen molar-refractivity contribution in [2.45, 2.75) is 18.4 Å². The predicted molar refractivity (Wildman–Crippen MR) is 99.7 cm³/mol. The highest BCUT2D eigenvalue weighted by Gasteiger charge is 2.17. The van der Waals surface area contributed by atoms with Gasteiger partial charge in [-0.25, -0.2) is 4.98 Å². The van der Waals surface area contributed by atoms with Crippen LogP contribution in [0.15, 0.2) is 53.4 Å². The zero-order chi connectivity index (χ0) is 15.8. The molecule has 0 unspecified atom stereocenters. The number of nitrogens with zero attached hydrogens (tertiary/aromatic N) is 2. The highest BCUT2D eigenvalue weighted by molar-refractivity contribution is 7.99. The van der Waals surface area contributed by atoms with E-state index in [1.165, 1.54) is 10.5 Å². The molecule has 2 heterocycles. The molecule has 0 aliphatic carbocycles. The summed E-state index contributed by atoms with van der Waals surface area (Å²) >= 11 is 8.44. The van der Waals surface area contributed by atoms with Crippen molar-refractivity contribution in [1.82, 2.24) is 4.98 Å². The number of rotatable bonds is 1. The van der Waals surface area contributed by atoms with E-state index in [1.54, 1.807) is 0 Å². The van der Waals surface area contributed by atoms with Crippen LogP contribution < -0.4 is 4.90 Å². The van der Waals surface area contributed by atoms with Crippen LogP contribution in [0.2, 0.25) is 5.02 Å². The molecule has 4 heteroatoms. The van der Waals surface area contributed by atoms with Crippen molar-refractivity contribution >= 4 is 40.1 Å². The third-order valence-electron chi connectivity index (χ3n) is 4.25. The fraction of sp³-hybridized carbons (Fsp3) is 0.211. The van der Waals surface area contributed by atoms with Gasteiger partial charge in [0.25, 0.3) is 0 Å². The number of hydrogen-bond acceptors (Lipinski definition) is 3. The van der Waals surface area contributed by atoms with Crippen molar-refractivity contribution < 1.29 is 0 Å². The van der Waals surface area contributed by atoms with E-state index < -0.39 is 0 Å². The largest absolute Gasteiger partial charge is 0.351 e. The molecule has 0 saturated heterocycles. The first-order chi connectivity index (χ1) is 11.2. The average molecular weight is 341 g/mol. The lowest BCUT2D eigenvalue weighted by atomic mass is 10.1. The summed E-state index contributed by atoms with van der Waals surface area (Å²) in [6.07, 6.45) is 0. The van der Waals surface area contributed by atoms with E-state index in [2.05, 4.69) is 42.2 Å². The molecule has 1 aliphatic rings. The van der Waals surface area contributed by atoms with Gasteiger partial charge in [-0.2, -0.15) is 0 Å². The molecule has 3 aromatic rings. The average Bonchev–Trinajstić information content (AvgIpc) is 2.78. The van der Waals surface area contributed by atoms with Crippen LogP contribution in [0, 0.1) is 6.92 Å². The van der Waals surface area contributed by atoms with Gasteiger partial charge in [-0.1, -0.05) is 48.0 Å². The van der Waals surface area contributed by atoms with E-state index in [1.807, 2.05) is 30.0 Å². The minimum absolute atomic E-state index is 0.777. The topological polar surface area (TPSA) is 16.1 Å². The molecular weight excluding hydrogens is 324 g/mol. The van der Waals surface area contributed by atoms with Gasteiger partial charge in [0.05, 0.1) is 10.5 Å². The van der Waals surface area contributed by atoms with Crippen molar-refractivity contribution in [3.63, 3.8) is 0 Å². The zero-order valence-electron chi connectivity index (χ0n) is 12.9. The minimum atomic E-state index is 0.777. The first-order valence-corrected chi connectivity index (χ1v) is 9.10. The summed E-state index contributed by atoms with van der Waals surface area (Å²) in [5.74, 6) is 2.02. The predicted octanol–water partition coefficient (Wildman–Crippen LogP) is 5.31. The van der Waals surface area contributed by atoms with E-state index in [0.29, 0.717) is 0 Å². The lowest BCUT2D eigenvalue weighted by Gasteiger charge is -2.22. The highest BCUT2D eigenvalue weighted by Crippen LogP contribution is 2.32. The van der Waals surface area contributed by atoms with Gasteiger partial charge in [0.15, 0.2) is 0 Å². The van der Waals surface area contributed by atoms with Gasteiger partial charge in [-0.15, -0.1) is 11.8 Å². The molecule has 0 N–H and O–H groups in total. The molecule has 23 heavy (non-hydrogen) atoms. The third kappa shape index (κ3) is 2.79. The summed E-state index contributed by atoms with van der Waals surface area (Å²) in [5.41, 5.74) is 3.52. The molecule has 0 saturated carbocycles. The van der Waals surface area contributed by atoms with Gasteiger partial charge in [0.1, 0.15) is 5.82 Å². The van der Waals surface area contributed by atoms with Gasteiger partial charge < -0.3 is 4.90 Å². The Balaban J connectivity index is 1.79. The minimum Gasteiger partial charge on any atom is -0.351 e. The molecule has 116 valence electrons. The van der Waals surface area contributed by atoms with E-state index in [4.69, 9.17) is 16.6 Å². The van der Waals surface area contributed by atoms with Crippen LogP contribution in [0.5, 0.6) is 0 Å². The molecule has 1 aromatic heterocycles.